The van der Waals surface area contributed by atoms with Crippen LogP contribution in [0.2, 0.25) is 5.02 Å². The van der Waals surface area contributed by atoms with E-state index in [9.17, 15) is 4.39 Å². The molecule has 0 heterocycles. The van der Waals surface area contributed by atoms with Gasteiger partial charge < -0.3 is 0 Å². The van der Waals surface area contributed by atoms with Crippen molar-refractivity contribution in [3.63, 3.8) is 0 Å². The summed E-state index contributed by atoms with van der Waals surface area (Å²) < 4.78 is 12.1. The molecule has 0 amide bonds. The maximum atomic E-state index is 12.1. The van der Waals surface area contributed by atoms with Crippen LogP contribution in [0.25, 0.3) is 0 Å². The molecule has 1 nitrogen and oxygen atoms in total. The largest absolute Gasteiger partial charge is 0.246 e. The van der Waals surface area contributed by atoms with Crippen molar-refractivity contribution in [2.24, 2.45) is 0 Å². The SMILES string of the molecule is N#Cc1cc(Cl)ccc1CF. The van der Waals surface area contributed by atoms with Gasteiger partial charge in [0.25, 0.3) is 0 Å². The number of alkyl halides is 1. The predicted octanol–water partition coefficient (Wildman–Crippen LogP) is 2.68. The van der Waals surface area contributed by atoms with Gasteiger partial charge in [0.05, 0.1) is 11.6 Å². The van der Waals surface area contributed by atoms with E-state index in [0.29, 0.717) is 16.1 Å². The maximum absolute atomic E-state index is 12.1. The van der Waals surface area contributed by atoms with Crippen LogP contribution in [0.15, 0.2) is 18.2 Å². The van der Waals surface area contributed by atoms with Gasteiger partial charge in [-0.15, -0.1) is 0 Å². The number of benzene rings is 1. The molecule has 0 aliphatic carbocycles. The average Bonchev–Trinajstić information content (AvgIpc) is 2.04. The fraction of sp³-hybridized carbons (Fsp3) is 0.125. The van der Waals surface area contributed by atoms with Gasteiger partial charge in [0.1, 0.15) is 6.67 Å². The first-order chi connectivity index (χ1) is 5.27. The molecule has 0 aliphatic rings. The highest BCUT2D eigenvalue weighted by Gasteiger charge is 2.00. The summed E-state index contributed by atoms with van der Waals surface area (Å²) in [5.41, 5.74) is 0.692. The van der Waals surface area contributed by atoms with E-state index in [1.165, 1.54) is 12.1 Å². The zero-order valence-corrected chi connectivity index (χ0v) is 6.40. The van der Waals surface area contributed by atoms with Crippen LogP contribution in [0.5, 0.6) is 0 Å². The summed E-state index contributed by atoms with van der Waals surface area (Å²) in [7, 11) is 0. The molecular weight excluding hydrogens is 165 g/mol. The van der Waals surface area contributed by atoms with Crippen LogP contribution in [0.1, 0.15) is 11.1 Å². The van der Waals surface area contributed by atoms with Gasteiger partial charge in [0, 0.05) is 10.6 Å². The molecule has 1 aromatic rings. The van der Waals surface area contributed by atoms with Gasteiger partial charge >= 0.3 is 0 Å². The Labute approximate surface area is 69.0 Å². The molecule has 0 saturated heterocycles. The zero-order valence-electron chi connectivity index (χ0n) is 5.64. The molecule has 0 spiro atoms. The molecule has 11 heavy (non-hydrogen) atoms. The normalized spacial score (nSPS) is 9.18. The van der Waals surface area contributed by atoms with Crippen molar-refractivity contribution < 1.29 is 4.39 Å². The van der Waals surface area contributed by atoms with Crippen LogP contribution in [-0.2, 0) is 6.67 Å². The monoisotopic (exact) mass is 169 g/mol. The lowest BCUT2D eigenvalue weighted by molar-refractivity contribution is 0.484. The Morgan fingerprint density at radius 2 is 2.27 bits per heavy atom. The van der Waals surface area contributed by atoms with Gasteiger partial charge in [-0.05, 0) is 12.1 Å². The van der Waals surface area contributed by atoms with Gasteiger partial charge in [-0.3, -0.25) is 0 Å². The lowest BCUT2D eigenvalue weighted by atomic mass is 10.1. The van der Waals surface area contributed by atoms with Crippen molar-refractivity contribution in [2.75, 3.05) is 0 Å². The van der Waals surface area contributed by atoms with E-state index in [4.69, 9.17) is 16.9 Å². The Kier molecular flexibility index (Phi) is 2.45. The quantitative estimate of drug-likeness (QED) is 0.634. The highest BCUT2D eigenvalue weighted by Crippen LogP contribution is 2.15. The molecule has 0 aromatic heterocycles. The minimum absolute atomic E-state index is 0.306. The molecule has 56 valence electrons. The molecule has 1 rings (SSSR count). The molecule has 0 radical (unpaired) electrons. The lowest BCUT2D eigenvalue weighted by Gasteiger charge is -1.97. The first kappa shape index (κ1) is 8.03. The summed E-state index contributed by atoms with van der Waals surface area (Å²) in [5, 5.41) is 8.96. The third kappa shape index (κ3) is 1.69. The topological polar surface area (TPSA) is 23.8 Å². The predicted molar refractivity (Wildman–Crippen MR) is 41.0 cm³/mol. The van der Waals surface area contributed by atoms with Gasteiger partial charge in [0.15, 0.2) is 0 Å². The van der Waals surface area contributed by atoms with E-state index >= 15 is 0 Å². The molecule has 0 fully saturated rings. The minimum atomic E-state index is -0.625. The van der Waals surface area contributed by atoms with Crippen LogP contribution in [-0.4, -0.2) is 0 Å². The molecular formula is C8H5ClFN. The first-order valence-corrected chi connectivity index (χ1v) is 3.40. The Balaban J connectivity index is 3.19. The third-order valence-electron chi connectivity index (χ3n) is 1.34. The second kappa shape index (κ2) is 3.36. The van der Waals surface area contributed by atoms with E-state index in [-0.39, 0.29) is 0 Å². The van der Waals surface area contributed by atoms with E-state index in [1.807, 2.05) is 6.07 Å². The van der Waals surface area contributed by atoms with Crippen LogP contribution in [0.4, 0.5) is 4.39 Å². The Hall–Kier alpha value is -1.07. The summed E-state index contributed by atoms with van der Waals surface area (Å²) in [4.78, 5) is 0. The number of rotatable bonds is 1. The number of hydrogen-bond donors (Lipinski definition) is 0. The van der Waals surface area contributed by atoms with Gasteiger partial charge in [0.2, 0.25) is 0 Å². The van der Waals surface area contributed by atoms with Crippen molar-refractivity contribution >= 4 is 11.6 Å². The van der Waals surface area contributed by atoms with Crippen LogP contribution in [0.3, 0.4) is 0 Å². The van der Waals surface area contributed by atoms with Gasteiger partial charge in [-0.25, -0.2) is 4.39 Å². The second-order valence-corrected chi connectivity index (χ2v) is 2.48. The van der Waals surface area contributed by atoms with Gasteiger partial charge in [-0.1, -0.05) is 17.7 Å². The highest BCUT2D eigenvalue weighted by molar-refractivity contribution is 6.30. The number of nitrogens with zero attached hydrogens (tertiary/aromatic N) is 1. The van der Waals surface area contributed by atoms with Crippen LogP contribution >= 0.6 is 11.6 Å². The molecule has 0 unspecified atom stereocenters. The van der Waals surface area contributed by atoms with Crippen LogP contribution < -0.4 is 0 Å². The Morgan fingerprint density at radius 3 is 2.82 bits per heavy atom. The van der Waals surface area contributed by atoms with E-state index < -0.39 is 6.67 Å². The average molecular weight is 170 g/mol. The summed E-state index contributed by atoms with van der Waals surface area (Å²) in [6.07, 6.45) is 0. The highest BCUT2D eigenvalue weighted by atomic mass is 35.5. The summed E-state index contributed by atoms with van der Waals surface area (Å²) >= 11 is 5.58. The Bertz CT molecular complexity index is 303. The molecule has 1 aromatic carbocycles. The van der Waals surface area contributed by atoms with Crippen molar-refractivity contribution in [1.29, 1.82) is 5.26 Å². The maximum Gasteiger partial charge on any atom is 0.116 e. The van der Waals surface area contributed by atoms with Crippen molar-refractivity contribution in [1.82, 2.24) is 0 Å². The van der Waals surface area contributed by atoms with Crippen molar-refractivity contribution in [3.05, 3.63) is 34.3 Å². The third-order valence-corrected chi connectivity index (χ3v) is 1.57. The lowest BCUT2D eigenvalue weighted by Crippen LogP contribution is -1.84. The molecule has 0 N–H and O–H groups in total. The molecule has 0 bridgehead atoms. The summed E-state index contributed by atoms with van der Waals surface area (Å²) in [5.74, 6) is 0. The van der Waals surface area contributed by atoms with E-state index in [2.05, 4.69) is 0 Å². The summed E-state index contributed by atoms with van der Waals surface area (Å²) in [6, 6.07) is 6.40. The molecule has 0 saturated carbocycles. The van der Waals surface area contributed by atoms with Crippen LogP contribution in [0, 0.1) is 11.3 Å². The number of halogens is 2. The number of hydrogen-bond acceptors (Lipinski definition) is 1. The molecule has 0 aliphatic heterocycles. The first-order valence-electron chi connectivity index (χ1n) is 3.02. The zero-order chi connectivity index (χ0) is 8.27. The fourth-order valence-electron chi connectivity index (χ4n) is 0.769. The van der Waals surface area contributed by atoms with Crippen molar-refractivity contribution in [2.45, 2.75) is 6.67 Å². The second-order valence-electron chi connectivity index (χ2n) is 2.05. The number of nitriles is 1. The van der Waals surface area contributed by atoms with E-state index in [1.54, 1.807) is 6.07 Å². The Morgan fingerprint density at radius 1 is 1.55 bits per heavy atom. The van der Waals surface area contributed by atoms with Crippen molar-refractivity contribution in [3.8, 4) is 6.07 Å². The molecule has 3 heteroatoms. The summed E-state index contributed by atoms with van der Waals surface area (Å²) in [6.45, 7) is -0.625. The van der Waals surface area contributed by atoms with Gasteiger partial charge in [-0.2, -0.15) is 5.26 Å². The van der Waals surface area contributed by atoms with E-state index in [0.717, 1.165) is 0 Å². The fourth-order valence-corrected chi connectivity index (χ4v) is 0.941. The smallest absolute Gasteiger partial charge is 0.116 e. The molecule has 0 atom stereocenters. The standard InChI is InChI=1S/C8H5ClFN/c9-8-2-1-6(4-10)7(3-8)5-11/h1-3H,4H2. The minimum Gasteiger partial charge on any atom is -0.246 e.